The molecule has 18 heavy (non-hydrogen) atoms. The van der Waals surface area contributed by atoms with E-state index in [1.165, 1.54) is 25.0 Å². The lowest BCUT2D eigenvalue weighted by molar-refractivity contribution is 0.410. The van der Waals surface area contributed by atoms with Crippen LogP contribution in [0.2, 0.25) is 0 Å². The Labute approximate surface area is 104 Å². The number of hydrogen-bond donors (Lipinski definition) is 2. The molecule has 0 unspecified atom stereocenters. The van der Waals surface area contributed by atoms with E-state index in [1.807, 2.05) is 0 Å². The highest BCUT2D eigenvalue weighted by Crippen LogP contribution is 2.35. The average Bonchev–Trinajstić information content (AvgIpc) is 2.99. The van der Waals surface area contributed by atoms with Crippen LogP contribution < -0.4 is 0 Å². The first-order valence-corrected chi connectivity index (χ1v) is 6.10. The minimum absolute atomic E-state index is 0.00628. The molecule has 0 atom stereocenters. The number of rotatable bonds is 2. The molecule has 0 aliphatic heterocycles. The molecule has 1 fully saturated rings. The summed E-state index contributed by atoms with van der Waals surface area (Å²) >= 11 is 0. The molecule has 0 spiro atoms. The maximum absolute atomic E-state index is 9.73. The molecule has 2 N–H and O–H groups in total. The van der Waals surface area contributed by atoms with E-state index in [0.29, 0.717) is 17.4 Å². The Bertz CT molecular complexity index is 559. The fourth-order valence-corrected chi connectivity index (χ4v) is 2.39. The lowest BCUT2D eigenvalue weighted by Crippen LogP contribution is -1.94. The van der Waals surface area contributed by atoms with E-state index in [9.17, 15) is 10.2 Å². The molecule has 5 heteroatoms. The van der Waals surface area contributed by atoms with Gasteiger partial charge >= 0.3 is 0 Å². The van der Waals surface area contributed by atoms with Crippen molar-refractivity contribution in [2.75, 3.05) is 0 Å². The van der Waals surface area contributed by atoms with Gasteiger partial charge in [-0.05, 0) is 25.0 Å². The highest BCUT2D eigenvalue weighted by molar-refractivity contribution is 5.63. The van der Waals surface area contributed by atoms with Gasteiger partial charge in [0.05, 0.1) is 5.56 Å². The quantitative estimate of drug-likeness (QED) is 0.851. The summed E-state index contributed by atoms with van der Waals surface area (Å²) in [7, 11) is 0. The molecule has 1 aliphatic rings. The van der Waals surface area contributed by atoms with Gasteiger partial charge in [0.2, 0.25) is 0 Å². The van der Waals surface area contributed by atoms with Crippen molar-refractivity contribution in [1.82, 2.24) is 10.1 Å². The Morgan fingerprint density at radius 3 is 2.67 bits per heavy atom. The lowest BCUT2D eigenvalue weighted by atomic mass is 10.1. The summed E-state index contributed by atoms with van der Waals surface area (Å²) < 4.78 is 5.18. The zero-order valence-corrected chi connectivity index (χ0v) is 9.83. The van der Waals surface area contributed by atoms with Crippen molar-refractivity contribution in [2.24, 2.45) is 0 Å². The van der Waals surface area contributed by atoms with E-state index in [1.54, 1.807) is 6.07 Å². The van der Waals surface area contributed by atoms with Crippen LogP contribution in [-0.4, -0.2) is 20.4 Å². The second kappa shape index (κ2) is 4.33. The molecule has 0 amide bonds. The van der Waals surface area contributed by atoms with E-state index < -0.39 is 0 Å². The molecule has 2 aromatic rings. The topological polar surface area (TPSA) is 79.4 Å². The van der Waals surface area contributed by atoms with Crippen LogP contribution in [0.4, 0.5) is 0 Å². The van der Waals surface area contributed by atoms with Crippen LogP contribution >= 0.6 is 0 Å². The normalized spacial score (nSPS) is 16.2. The summed E-state index contributed by atoms with van der Waals surface area (Å²) in [5.74, 6) is 1.34. The van der Waals surface area contributed by atoms with Crippen molar-refractivity contribution in [3.8, 4) is 23.0 Å². The van der Waals surface area contributed by atoms with E-state index in [0.717, 1.165) is 18.7 Å². The summed E-state index contributed by atoms with van der Waals surface area (Å²) in [6.07, 6.45) is 4.61. The minimum atomic E-state index is -0.0587. The zero-order valence-electron chi connectivity index (χ0n) is 9.83. The Hall–Kier alpha value is -2.04. The van der Waals surface area contributed by atoms with Gasteiger partial charge in [-0.1, -0.05) is 18.0 Å². The maximum Gasteiger partial charge on any atom is 0.261 e. The van der Waals surface area contributed by atoms with E-state index >= 15 is 0 Å². The smallest absolute Gasteiger partial charge is 0.261 e. The molecule has 1 aromatic heterocycles. The molecular weight excluding hydrogens is 232 g/mol. The highest BCUT2D eigenvalue weighted by Gasteiger charge is 2.23. The first-order valence-electron chi connectivity index (χ1n) is 6.10. The van der Waals surface area contributed by atoms with E-state index in [2.05, 4.69) is 10.1 Å². The Balaban J connectivity index is 1.92. The van der Waals surface area contributed by atoms with Crippen LogP contribution in [0.3, 0.4) is 0 Å². The standard InChI is InChI=1S/C13H14N2O3/c16-9-5-6-10(11(17)7-9)13-14-12(15-18-13)8-3-1-2-4-8/h5-8,16-17H,1-4H2. The molecule has 1 saturated carbocycles. The number of aromatic hydroxyl groups is 2. The lowest BCUT2D eigenvalue weighted by Gasteiger charge is -2.00. The van der Waals surface area contributed by atoms with Crippen molar-refractivity contribution in [3.63, 3.8) is 0 Å². The van der Waals surface area contributed by atoms with E-state index in [4.69, 9.17) is 4.52 Å². The fourth-order valence-electron chi connectivity index (χ4n) is 2.39. The summed E-state index contributed by atoms with van der Waals surface area (Å²) in [5, 5.41) is 22.9. The minimum Gasteiger partial charge on any atom is -0.508 e. The molecule has 1 aromatic carbocycles. The molecule has 0 saturated heterocycles. The second-order valence-corrected chi connectivity index (χ2v) is 4.64. The van der Waals surface area contributed by atoms with Crippen molar-refractivity contribution in [3.05, 3.63) is 24.0 Å². The Morgan fingerprint density at radius 2 is 1.94 bits per heavy atom. The molecule has 5 nitrogen and oxygen atoms in total. The number of benzene rings is 1. The molecule has 0 radical (unpaired) electrons. The first kappa shape index (κ1) is 11.1. The summed E-state index contributed by atoms with van der Waals surface area (Å²) in [5.41, 5.74) is 0.449. The number of phenolic OH excluding ortho intramolecular Hbond substituents is 2. The van der Waals surface area contributed by atoms with E-state index in [-0.39, 0.29) is 11.5 Å². The number of phenols is 2. The summed E-state index contributed by atoms with van der Waals surface area (Å²) in [6.45, 7) is 0. The van der Waals surface area contributed by atoms with Gasteiger partial charge in [0, 0.05) is 12.0 Å². The van der Waals surface area contributed by atoms with Gasteiger partial charge in [0.1, 0.15) is 11.5 Å². The van der Waals surface area contributed by atoms with Crippen LogP contribution in [0.5, 0.6) is 11.5 Å². The third-order valence-electron chi connectivity index (χ3n) is 3.37. The first-order chi connectivity index (χ1) is 8.74. The molecule has 1 heterocycles. The number of hydrogen-bond acceptors (Lipinski definition) is 5. The monoisotopic (exact) mass is 246 g/mol. The third kappa shape index (κ3) is 1.92. The molecule has 0 bridgehead atoms. The molecule has 3 rings (SSSR count). The van der Waals surface area contributed by atoms with Gasteiger partial charge in [-0.3, -0.25) is 0 Å². The van der Waals surface area contributed by atoms with Crippen LogP contribution in [0.25, 0.3) is 11.5 Å². The summed E-state index contributed by atoms with van der Waals surface area (Å²) in [6, 6.07) is 4.31. The van der Waals surface area contributed by atoms with Crippen molar-refractivity contribution >= 4 is 0 Å². The highest BCUT2D eigenvalue weighted by atomic mass is 16.5. The average molecular weight is 246 g/mol. The third-order valence-corrected chi connectivity index (χ3v) is 3.37. The predicted octanol–water partition coefficient (Wildman–Crippen LogP) is 2.81. The molecule has 1 aliphatic carbocycles. The second-order valence-electron chi connectivity index (χ2n) is 4.64. The van der Waals surface area contributed by atoms with Crippen molar-refractivity contribution in [1.29, 1.82) is 0 Å². The number of aromatic nitrogens is 2. The molecule has 94 valence electrons. The van der Waals surface area contributed by atoms with Crippen LogP contribution in [0.1, 0.15) is 37.4 Å². The van der Waals surface area contributed by atoms with Crippen molar-refractivity contribution in [2.45, 2.75) is 31.6 Å². The van der Waals surface area contributed by atoms with Gasteiger partial charge in [-0.2, -0.15) is 4.98 Å². The van der Waals surface area contributed by atoms with Crippen LogP contribution in [0, 0.1) is 0 Å². The van der Waals surface area contributed by atoms with Crippen LogP contribution in [0.15, 0.2) is 22.7 Å². The van der Waals surface area contributed by atoms with Gasteiger partial charge in [0.15, 0.2) is 5.82 Å². The largest absolute Gasteiger partial charge is 0.508 e. The van der Waals surface area contributed by atoms with Crippen molar-refractivity contribution < 1.29 is 14.7 Å². The Morgan fingerprint density at radius 1 is 1.17 bits per heavy atom. The molecular formula is C13H14N2O3. The van der Waals surface area contributed by atoms with Crippen LogP contribution in [-0.2, 0) is 0 Å². The summed E-state index contributed by atoms with van der Waals surface area (Å²) in [4.78, 5) is 4.33. The zero-order chi connectivity index (χ0) is 12.5. The van der Waals surface area contributed by atoms with Gasteiger partial charge in [-0.15, -0.1) is 0 Å². The van der Waals surface area contributed by atoms with Gasteiger partial charge in [0.25, 0.3) is 5.89 Å². The predicted molar refractivity (Wildman–Crippen MR) is 64.3 cm³/mol. The van der Waals surface area contributed by atoms with Gasteiger partial charge in [-0.25, -0.2) is 0 Å². The number of nitrogens with zero attached hydrogens (tertiary/aromatic N) is 2. The Kier molecular flexibility index (Phi) is 2.66. The maximum atomic E-state index is 9.73. The van der Waals surface area contributed by atoms with Gasteiger partial charge < -0.3 is 14.7 Å². The fraction of sp³-hybridized carbons (Fsp3) is 0.385. The SMILES string of the molecule is Oc1ccc(-c2nc(C3CCCC3)no2)c(O)c1.